The van der Waals surface area contributed by atoms with Crippen LogP contribution in [0.2, 0.25) is 0 Å². The molecule has 26 heavy (non-hydrogen) atoms. The first-order valence-electron chi connectivity index (χ1n) is 8.21. The van der Waals surface area contributed by atoms with Crippen LogP contribution in [0, 0.1) is 6.92 Å². The van der Waals surface area contributed by atoms with Crippen molar-refractivity contribution in [3.63, 3.8) is 0 Å². The summed E-state index contributed by atoms with van der Waals surface area (Å²) in [7, 11) is 0. The molecular formula is C20H18BrN3OS. The summed E-state index contributed by atoms with van der Waals surface area (Å²) in [6, 6.07) is 15.8. The number of carbonyl (C=O) groups excluding carboxylic acids is 1. The van der Waals surface area contributed by atoms with Crippen molar-refractivity contribution in [2.24, 2.45) is 10.1 Å². The van der Waals surface area contributed by atoms with Crippen LogP contribution in [0.25, 0.3) is 6.08 Å². The first-order valence-corrected chi connectivity index (χ1v) is 9.82. The maximum atomic E-state index is 12.8. The molecule has 1 fully saturated rings. The van der Waals surface area contributed by atoms with Crippen LogP contribution in [0.4, 0.5) is 0 Å². The highest BCUT2D eigenvalue weighted by Gasteiger charge is 2.33. The summed E-state index contributed by atoms with van der Waals surface area (Å²) >= 11 is 4.77. The van der Waals surface area contributed by atoms with Gasteiger partial charge in [0, 0.05) is 11.0 Å². The van der Waals surface area contributed by atoms with Crippen molar-refractivity contribution in [2.45, 2.75) is 13.8 Å². The van der Waals surface area contributed by atoms with Crippen LogP contribution in [0.15, 0.2) is 68.0 Å². The maximum Gasteiger partial charge on any atom is 0.287 e. The third-order valence-corrected chi connectivity index (χ3v) is 5.17. The van der Waals surface area contributed by atoms with Crippen molar-refractivity contribution in [1.82, 2.24) is 5.01 Å². The Hall–Kier alpha value is -2.18. The molecule has 1 amide bonds. The Morgan fingerprint density at radius 2 is 1.73 bits per heavy atom. The average Bonchev–Trinajstić information content (AvgIpc) is 2.92. The lowest BCUT2D eigenvalue weighted by molar-refractivity contribution is -0.122. The monoisotopic (exact) mass is 427 g/mol. The largest absolute Gasteiger partial charge is 0.287 e. The van der Waals surface area contributed by atoms with Gasteiger partial charge in [0.15, 0.2) is 5.17 Å². The van der Waals surface area contributed by atoms with Crippen LogP contribution >= 0.6 is 27.7 Å². The highest BCUT2D eigenvalue weighted by Crippen LogP contribution is 2.33. The second kappa shape index (κ2) is 8.47. The number of carbonyl (C=O) groups is 1. The van der Waals surface area contributed by atoms with Gasteiger partial charge < -0.3 is 0 Å². The Bertz CT molecular complexity index is 886. The fraction of sp³-hybridized carbons (Fsp3) is 0.150. The Labute approximate surface area is 165 Å². The van der Waals surface area contributed by atoms with Crippen LogP contribution < -0.4 is 0 Å². The van der Waals surface area contributed by atoms with E-state index in [2.05, 4.69) is 26.0 Å². The molecular weight excluding hydrogens is 410 g/mol. The van der Waals surface area contributed by atoms with Crippen LogP contribution in [0.1, 0.15) is 23.6 Å². The Morgan fingerprint density at radius 3 is 2.38 bits per heavy atom. The van der Waals surface area contributed by atoms with E-state index >= 15 is 0 Å². The normalized spacial score (nSPS) is 17.8. The predicted molar refractivity (Wildman–Crippen MR) is 113 cm³/mol. The number of thioether (sulfide) groups is 1. The molecule has 1 aliphatic heterocycles. The van der Waals surface area contributed by atoms with Gasteiger partial charge in [-0.2, -0.15) is 10.1 Å². The van der Waals surface area contributed by atoms with E-state index in [1.807, 2.05) is 68.5 Å². The zero-order chi connectivity index (χ0) is 18.5. The van der Waals surface area contributed by atoms with Gasteiger partial charge in [-0.25, -0.2) is 0 Å². The third-order valence-electron chi connectivity index (χ3n) is 3.65. The average molecular weight is 428 g/mol. The van der Waals surface area contributed by atoms with Gasteiger partial charge in [0.2, 0.25) is 0 Å². The van der Waals surface area contributed by atoms with Gasteiger partial charge in [-0.3, -0.25) is 9.79 Å². The molecule has 0 bridgehead atoms. The van der Waals surface area contributed by atoms with Crippen LogP contribution in [-0.4, -0.2) is 28.8 Å². The number of nitrogens with zero attached hydrogens (tertiary/aromatic N) is 3. The first kappa shape index (κ1) is 18.6. The molecule has 0 saturated carbocycles. The molecule has 1 saturated heterocycles. The quantitative estimate of drug-likeness (QED) is 0.504. The van der Waals surface area contributed by atoms with Gasteiger partial charge in [-0.1, -0.05) is 57.9 Å². The van der Waals surface area contributed by atoms with Gasteiger partial charge in [0.25, 0.3) is 5.91 Å². The molecule has 3 rings (SSSR count). The number of aliphatic imine (C=N–C) groups is 1. The minimum atomic E-state index is -0.159. The van der Waals surface area contributed by atoms with Gasteiger partial charge >= 0.3 is 0 Å². The van der Waals surface area contributed by atoms with Crippen molar-refractivity contribution in [3.8, 4) is 0 Å². The number of hydrazone groups is 1. The number of amidine groups is 1. The number of hydrogen-bond donors (Lipinski definition) is 0. The topological polar surface area (TPSA) is 45.0 Å². The number of amides is 1. The van der Waals surface area contributed by atoms with E-state index in [-0.39, 0.29) is 5.91 Å². The lowest BCUT2D eigenvalue weighted by Gasteiger charge is -2.07. The summed E-state index contributed by atoms with van der Waals surface area (Å²) in [4.78, 5) is 17.8. The molecule has 0 radical (unpaired) electrons. The zero-order valence-electron chi connectivity index (χ0n) is 14.5. The molecule has 0 atom stereocenters. The van der Waals surface area contributed by atoms with Crippen molar-refractivity contribution in [1.29, 1.82) is 0 Å². The Kier molecular flexibility index (Phi) is 6.06. The van der Waals surface area contributed by atoms with Gasteiger partial charge in [-0.05, 0) is 54.9 Å². The van der Waals surface area contributed by atoms with Crippen molar-refractivity contribution >= 4 is 51.1 Å². The molecule has 2 aromatic carbocycles. The molecule has 1 aliphatic rings. The second-order valence-electron chi connectivity index (χ2n) is 5.69. The minimum Gasteiger partial charge on any atom is -0.266 e. The highest BCUT2D eigenvalue weighted by molar-refractivity contribution is 9.10. The molecule has 132 valence electrons. The number of rotatable bonds is 4. The molecule has 0 N–H and O–H groups in total. The molecule has 4 nitrogen and oxygen atoms in total. The molecule has 0 unspecified atom stereocenters. The van der Waals surface area contributed by atoms with E-state index in [1.165, 1.54) is 22.3 Å². The van der Waals surface area contributed by atoms with Gasteiger partial charge in [0.1, 0.15) is 0 Å². The summed E-state index contributed by atoms with van der Waals surface area (Å²) in [6.07, 6.45) is 3.55. The van der Waals surface area contributed by atoms with Crippen LogP contribution in [0.5, 0.6) is 0 Å². The molecule has 6 heteroatoms. The zero-order valence-corrected chi connectivity index (χ0v) is 16.9. The second-order valence-corrected chi connectivity index (χ2v) is 7.62. The maximum absolute atomic E-state index is 12.8. The minimum absolute atomic E-state index is 0.159. The Morgan fingerprint density at radius 1 is 1.08 bits per heavy atom. The number of halogens is 1. The fourth-order valence-corrected chi connectivity index (χ4v) is 3.53. The SMILES string of the molecule is CCN=C1S/C(=C/c2ccc(Br)cc2)C(=O)N1/N=C\c1ccc(C)cc1. The van der Waals surface area contributed by atoms with E-state index in [1.54, 1.807) is 6.21 Å². The number of benzene rings is 2. The Balaban J connectivity index is 1.86. The molecule has 0 aliphatic carbocycles. The molecule has 0 aromatic heterocycles. The van der Waals surface area contributed by atoms with Crippen molar-refractivity contribution < 1.29 is 4.79 Å². The van der Waals surface area contributed by atoms with E-state index in [0.717, 1.165) is 15.6 Å². The standard InChI is InChI=1S/C20H18BrN3OS/c1-3-22-20-24(23-13-16-6-4-14(2)5-7-16)19(25)18(26-20)12-15-8-10-17(21)11-9-15/h4-13H,3H2,1-2H3/b18-12+,22-20?,23-13-. The summed E-state index contributed by atoms with van der Waals surface area (Å²) in [6.45, 7) is 4.57. The van der Waals surface area contributed by atoms with Crippen LogP contribution in [0.3, 0.4) is 0 Å². The van der Waals surface area contributed by atoms with E-state index in [9.17, 15) is 4.79 Å². The summed E-state index contributed by atoms with van der Waals surface area (Å²) in [5, 5.41) is 6.34. The van der Waals surface area contributed by atoms with E-state index < -0.39 is 0 Å². The van der Waals surface area contributed by atoms with E-state index in [4.69, 9.17) is 0 Å². The van der Waals surface area contributed by atoms with Crippen molar-refractivity contribution in [3.05, 3.63) is 74.6 Å². The van der Waals surface area contributed by atoms with Crippen LogP contribution in [-0.2, 0) is 4.79 Å². The van der Waals surface area contributed by atoms with E-state index in [0.29, 0.717) is 16.6 Å². The predicted octanol–water partition coefficient (Wildman–Crippen LogP) is 5.08. The third kappa shape index (κ3) is 4.51. The highest BCUT2D eigenvalue weighted by atomic mass is 79.9. The summed E-state index contributed by atoms with van der Waals surface area (Å²) in [5.41, 5.74) is 3.08. The first-order chi connectivity index (χ1) is 12.6. The van der Waals surface area contributed by atoms with Gasteiger partial charge in [-0.15, -0.1) is 0 Å². The lowest BCUT2D eigenvalue weighted by atomic mass is 10.2. The summed E-state index contributed by atoms with van der Waals surface area (Å²) in [5.74, 6) is -0.159. The smallest absolute Gasteiger partial charge is 0.266 e. The molecule has 2 aromatic rings. The molecule has 0 spiro atoms. The number of aryl methyl sites for hydroxylation is 1. The summed E-state index contributed by atoms with van der Waals surface area (Å²) < 4.78 is 1.00. The lowest BCUT2D eigenvalue weighted by Crippen LogP contribution is -2.23. The van der Waals surface area contributed by atoms with Crippen molar-refractivity contribution in [2.75, 3.05) is 6.54 Å². The fourth-order valence-electron chi connectivity index (χ4n) is 2.29. The van der Waals surface area contributed by atoms with Gasteiger partial charge in [0.05, 0.1) is 11.1 Å². The molecule has 1 heterocycles. The number of hydrogen-bond acceptors (Lipinski definition) is 4.